The molecule has 0 heterocycles. The van der Waals surface area contributed by atoms with Crippen LogP contribution in [0.1, 0.15) is 58.3 Å². The minimum atomic E-state index is -2.02. The van der Waals surface area contributed by atoms with Crippen LogP contribution in [0, 0.1) is 0 Å². The van der Waals surface area contributed by atoms with Crippen LogP contribution < -0.4 is 11.5 Å². The van der Waals surface area contributed by atoms with Crippen molar-refractivity contribution < 1.29 is 4.57 Å². The first kappa shape index (κ1) is 14.6. The summed E-state index contributed by atoms with van der Waals surface area (Å²) >= 11 is 0. The van der Waals surface area contributed by atoms with Gasteiger partial charge in [0.1, 0.15) is 0 Å². The fourth-order valence-corrected chi connectivity index (χ4v) is 7.87. The van der Waals surface area contributed by atoms with E-state index in [0.29, 0.717) is 23.4 Å². The van der Waals surface area contributed by atoms with E-state index in [2.05, 4.69) is 6.92 Å². The fraction of sp³-hybridized carbons (Fsp3) is 1.00. The minimum absolute atomic E-state index is 0.353. The van der Waals surface area contributed by atoms with Crippen molar-refractivity contribution in [3.63, 3.8) is 0 Å². The molecule has 0 bridgehead atoms. The highest BCUT2D eigenvalue weighted by Gasteiger charge is 2.41. The molecule has 0 aromatic rings. The molecule has 2 aliphatic carbocycles. The van der Waals surface area contributed by atoms with Crippen LogP contribution in [-0.2, 0) is 4.57 Å². The van der Waals surface area contributed by atoms with Crippen molar-refractivity contribution in [2.45, 2.75) is 81.7 Å². The van der Waals surface area contributed by atoms with Gasteiger partial charge in [-0.15, -0.1) is 0 Å². The number of nitrogens with two attached hydrogens (primary N) is 2. The van der Waals surface area contributed by atoms with E-state index in [4.69, 9.17) is 11.5 Å². The lowest BCUT2D eigenvalue weighted by Crippen LogP contribution is -2.34. The van der Waals surface area contributed by atoms with Crippen LogP contribution in [-0.4, -0.2) is 29.6 Å². The summed E-state index contributed by atoms with van der Waals surface area (Å²) in [6, 6.07) is 0.706. The van der Waals surface area contributed by atoms with Gasteiger partial charge in [0.05, 0.1) is 7.14 Å². The Labute approximate surface area is 111 Å². The van der Waals surface area contributed by atoms with E-state index in [9.17, 15) is 4.57 Å². The van der Waals surface area contributed by atoms with Crippen LogP contribution in [0.2, 0.25) is 0 Å². The van der Waals surface area contributed by atoms with Gasteiger partial charge in [-0.1, -0.05) is 6.92 Å². The van der Waals surface area contributed by atoms with Gasteiger partial charge in [-0.05, 0) is 57.5 Å². The van der Waals surface area contributed by atoms with Gasteiger partial charge < -0.3 is 16.0 Å². The Balaban J connectivity index is 2.03. The Bertz CT molecular complexity index is 279. The minimum Gasteiger partial charge on any atom is -0.328 e. The van der Waals surface area contributed by atoms with Crippen molar-refractivity contribution in [3.05, 3.63) is 0 Å². The molecule has 4 heteroatoms. The average Bonchev–Trinajstić information content (AvgIpc) is 2.39. The van der Waals surface area contributed by atoms with E-state index in [-0.39, 0.29) is 0 Å². The molecule has 2 fully saturated rings. The Morgan fingerprint density at radius 2 is 1.17 bits per heavy atom. The Hall–Kier alpha value is 0.150. The van der Waals surface area contributed by atoms with E-state index in [1.807, 2.05) is 0 Å². The molecule has 0 atom stereocenters. The first-order valence-electron chi connectivity index (χ1n) is 7.65. The second kappa shape index (κ2) is 6.07. The summed E-state index contributed by atoms with van der Waals surface area (Å²) in [5.74, 6) is 0. The maximum atomic E-state index is 13.4. The maximum Gasteiger partial charge on any atom is 0.0933 e. The first-order chi connectivity index (χ1) is 8.56. The van der Waals surface area contributed by atoms with Gasteiger partial charge in [-0.2, -0.15) is 0 Å². The highest BCUT2D eigenvalue weighted by molar-refractivity contribution is 7.65. The number of rotatable bonds is 3. The zero-order valence-electron chi connectivity index (χ0n) is 11.7. The topological polar surface area (TPSA) is 69.1 Å². The lowest BCUT2D eigenvalue weighted by atomic mass is 9.95. The SMILES string of the molecule is CCP(=O)(C1CCC(N)CC1)C1CCC(N)CC1. The molecule has 0 aromatic carbocycles. The Kier molecular flexibility index (Phi) is 4.91. The molecule has 106 valence electrons. The van der Waals surface area contributed by atoms with E-state index in [1.54, 1.807) is 0 Å². The summed E-state index contributed by atoms with van der Waals surface area (Å²) in [5, 5.41) is 0. The average molecular weight is 272 g/mol. The smallest absolute Gasteiger partial charge is 0.0933 e. The molecule has 4 N–H and O–H groups in total. The molecule has 0 aliphatic heterocycles. The molecule has 2 aliphatic rings. The summed E-state index contributed by atoms with van der Waals surface area (Å²) in [5.41, 5.74) is 12.9. The molecule has 2 saturated carbocycles. The van der Waals surface area contributed by atoms with Crippen molar-refractivity contribution >= 4 is 7.14 Å². The lowest BCUT2D eigenvalue weighted by Gasteiger charge is -2.39. The fourth-order valence-electron chi connectivity index (χ4n) is 3.89. The van der Waals surface area contributed by atoms with Crippen molar-refractivity contribution in [2.24, 2.45) is 11.5 Å². The summed E-state index contributed by atoms with van der Waals surface area (Å²) in [7, 11) is -2.02. The number of hydrogen-bond acceptors (Lipinski definition) is 3. The molecule has 3 nitrogen and oxygen atoms in total. The molecule has 2 rings (SSSR count). The zero-order valence-corrected chi connectivity index (χ0v) is 12.6. The third-order valence-electron chi connectivity index (χ3n) is 5.21. The predicted octanol–water partition coefficient (Wildman–Crippen LogP) is 2.91. The van der Waals surface area contributed by atoms with Crippen LogP contribution in [0.4, 0.5) is 0 Å². The molecule has 18 heavy (non-hydrogen) atoms. The van der Waals surface area contributed by atoms with Crippen molar-refractivity contribution in [1.29, 1.82) is 0 Å². The molecule has 0 amide bonds. The second-order valence-electron chi connectivity index (χ2n) is 6.31. The molecule has 0 spiro atoms. The number of hydrogen-bond donors (Lipinski definition) is 2. The van der Waals surface area contributed by atoms with Gasteiger partial charge in [0.25, 0.3) is 0 Å². The summed E-state index contributed by atoms with van der Waals surface area (Å²) in [4.78, 5) is 0. The van der Waals surface area contributed by atoms with Crippen molar-refractivity contribution in [2.75, 3.05) is 6.16 Å². The Morgan fingerprint density at radius 1 is 0.833 bits per heavy atom. The van der Waals surface area contributed by atoms with Gasteiger partial charge in [0.2, 0.25) is 0 Å². The van der Waals surface area contributed by atoms with Gasteiger partial charge >= 0.3 is 0 Å². The molecule has 0 radical (unpaired) electrons. The molecular weight excluding hydrogens is 243 g/mol. The van der Waals surface area contributed by atoms with Crippen LogP contribution in [0.15, 0.2) is 0 Å². The van der Waals surface area contributed by atoms with Gasteiger partial charge in [-0.25, -0.2) is 0 Å². The van der Waals surface area contributed by atoms with Crippen LogP contribution in [0.3, 0.4) is 0 Å². The van der Waals surface area contributed by atoms with E-state index < -0.39 is 7.14 Å². The summed E-state index contributed by atoms with van der Waals surface area (Å²) in [6.07, 6.45) is 9.53. The van der Waals surface area contributed by atoms with E-state index in [1.165, 1.54) is 0 Å². The summed E-state index contributed by atoms with van der Waals surface area (Å²) in [6.45, 7) is 2.13. The maximum absolute atomic E-state index is 13.4. The standard InChI is InChI=1S/C14H29N2OP/c1-2-18(17,13-7-3-11(15)4-8-13)14-9-5-12(16)6-10-14/h11-14H,2-10,15-16H2,1H3. The van der Waals surface area contributed by atoms with E-state index >= 15 is 0 Å². The molecule has 0 saturated heterocycles. The van der Waals surface area contributed by atoms with Crippen LogP contribution in [0.5, 0.6) is 0 Å². The lowest BCUT2D eigenvalue weighted by molar-refractivity contribution is 0.405. The predicted molar refractivity (Wildman–Crippen MR) is 78.6 cm³/mol. The molecular formula is C14H29N2OP. The monoisotopic (exact) mass is 272 g/mol. The quantitative estimate of drug-likeness (QED) is 0.776. The molecule has 0 unspecified atom stereocenters. The Morgan fingerprint density at radius 3 is 1.44 bits per heavy atom. The third kappa shape index (κ3) is 3.00. The van der Waals surface area contributed by atoms with Gasteiger partial charge in [0, 0.05) is 23.4 Å². The highest BCUT2D eigenvalue weighted by Crippen LogP contribution is 2.62. The normalized spacial score (nSPS) is 41.3. The summed E-state index contributed by atoms with van der Waals surface area (Å²) < 4.78 is 13.4. The molecule has 0 aromatic heterocycles. The van der Waals surface area contributed by atoms with Crippen molar-refractivity contribution in [1.82, 2.24) is 0 Å². The highest BCUT2D eigenvalue weighted by atomic mass is 31.2. The van der Waals surface area contributed by atoms with Crippen LogP contribution >= 0.6 is 7.14 Å². The van der Waals surface area contributed by atoms with Crippen LogP contribution in [0.25, 0.3) is 0 Å². The first-order valence-corrected chi connectivity index (χ1v) is 9.69. The largest absolute Gasteiger partial charge is 0.328 e. The second-order valence-corrected chi connectivity index (χ2v) is 10.1. The van der Waals surface area contributed by atoms with Crippen molar-refractivity contribution in [3.8, 4) is 0 Å². The van der Waals surface area contributed by atoms with Gasteiger partial charge in [0.15, 0.2) is 0 Å². The van der Waals surface area contributed by atoms with Gasteiger partial charge in [-0.3, -0.25) is 0 Å². The third-order valence-corrected chi connectivity index (χ3v) is 9.71. The zero-order chi connectivity index (χ0) is 13.2. The van der Waals surface area contributed by atoms with E-state index in [0.717, 1.165) is 57.5 Å².